The Hall–Kier alpha value is -6.57. The lowest BCUT2D eigenvalue weighted by molar-refractivity contribution is 0.249. The summed E-state index contributed by atoms with van der Waals surface area (Å²) in [7, 11) is 8.36. The quantitative estimate of drug-likeness (QED) is 0.0713. The Kier molecular flexibility index (Phi) is 19.4. The fourth-order valence-corrected chi connectivity index (χ4v) is 10.7. The molecule has 0 saturated carbocycles. The van der Waals surface area contributed by atoms with Crippen molar-refractivity contribution in [3.8, 4) is 34.0 Å². The lowest BCUT2D eigenvalue weighted by Crippen LogP contribution is -2.42. The van der Waals surface area contributed by atoms with Gasteiger partial charge in [-0.05, 0) is 137 Å². The number of nitrogens with two attached hydrogens (primary N) is 1. The first-order chi connectivity index (χ1) is 37.7. The van der Waals surface area contributed by atoms with E-state index < -0.39 is 23.3 Å². The van der Waals surface area contributed by atoms with Crippen LogP contribution in [0.3, 0.4) is 0 Å². The highest BCUT2D eigenvalue weighted by atomic mass is 35.5. The Morgan fingerprint density at radius 2 is 1.01 bits per heavy atom. The van der Waals surface area contributed by atoms with Gasteiger partial charge in [-0.1, -0.05) is 33.8 Å². The number of hydrogen-bond acceptors (Lipinski definition) is 13. The fourth-order valence-electron chi connectivity index (χ4n) is 10.6. The van der Waals surface area contributed by atoms with Gasteiger partial charge in [0.2, 0.25) is 5.28 Å². The molecule has 6 heterocycles. The number of rotatable bonds is 12. The van der Waals surface area contributed by atoms with E-state index in [0.29, 0.717) is 101 Å². The van der Waals surface area contributed by atoms with Crippen molar-refractivity contribution in [3.63, 3.8) is 0 Å². The van der Waals surface area contributed by atoms with Gasteiger partial charge in [-0.15, -0.1) is 0 Å². The van der Waals surface area contributed by atoms with Crippen LogP contribution in [0.15, 0.2) is 73.1 Å². The molecule has 2 aromatic heterocycles. The van der Waals surface area contributed by atoms with Crippen LogP contribution in [0.5, 0.6) is 11.5 Å². The molecule has 79 heavy (non-hydrogen) atoms. The summed E-state index contributed by atoms with van der Waals surface area (Å²) in [5.41, 5.74) is 9.80. The van der Waals surface area contributed by atoms with Gasteiger partial charge < -0.3 is 44.6 Å². The first kappa shape index (κ1) is 58.6. The maximum Gasteiger partial charge on any atom is 0.223 e. The molecule has 2 saturated heterocycles. The number of benzene rings is 4. The second-order valence-corrected chi connectivity index (χ2v) is 22.2. The van der Waals surface area contributed by atoms with E-state index in [0.717, 1.165) is 77.3 Å². The average Bonchev–Trinajstić information content (AvgIpc) is 3.40. The van der Waals surface area contributed by atoms with E-state index in [2.05, 4.69) is 100 Å². The highest BCUT2D eigenvalue weighted by Crippen LogP contribution is 2.41. The number of halogens is 7. The number of nitrogens with zero attached hydrogens (tertiary/aromatic N) is 10. The zero-order chi connectivity index (χ0) is 56.7. The zero-order valence-electron chi connectivity index (χ0n) is 46.4. The van der Waals surface area contributed by atoms with Crippen molar-refractivity contribution >= 4 is 40.0 Å². The number of nitrogen functional groups attached to an aromatic ring is 1. The average molecular weight is 1120 g/mol. The topological polar surface area (TPSA) is 115 Å². The van der Waals surface area contributed by atoms with E-state index in [1.165, 1.54) is 24.3 Å². The number of anilines is 5. The molecule has 4 aliphatic heterocycles. The predicted octanol–water partition coefficient (Wildman–Crippen LogP) is 11.4. The zero-order valence-corrected chi connectivity index (χ0v) is 47.1. The molecule has 13 nitrogen and oxygen atoms in total. The van der Waals surface area contributed by atoms with Crippen LogP contribution in [-0.4, -0.2) is 136 Å². The third-order valence-electron chi connectivity index (χ3n) is 14.6. The molecule has 424 valence electrons. The minimum atomic E-state index is -0.652. The molecule has 10 rings (SSSR count). The van der Waals surface area contributed by atoms with Crippen LogP contribution in [0, 0.1) is 46.7 Å². The lowest BCUT2D eigenvalue weighted by Gasteiger charge is -2.36. The summed E-state index contributed by atoms with van der Waals surface area (Å²) < 4.78 is 98.2. The van der Waals surface area contributed by atoms with Crippen LogP contribution in [-0.2, 0) is 6.42 Å². The van der Waals surface area contributed by atoms with Crippen LogP contribution < -0.4 is 34.8 Å². The molecular formula is C59H72ClF6N11O2. The molecule has 0 unspecified atom stereocenters. The van der Waals surface area contributed by atoms with E-state index >= 15 is 8.78 Å². The number of fused-ring (bicyclic) bond motifs is 2. The molecule has 6 aromatic rings. The summed E-state index contributed by atoms with van der Waals surface area (Å²) in [6.45, 7) is 15.4. The SMILES string of the molecule is CC(C)CN1CCOc2c(F)cc(-c3nc(Cc4ccc(N5CCC(N(C)C)CC5)c(F)c4)ncc3F)cc21.CC(C)CN1CCOc2c(F)cc(-c3nc(Cl)ncc3F)cc21.CN(C)C1CCN(c2ccc(N)cc2F)CC1. The van der Waals surface area contributed by atoms with Crippen LogP contribution in [0.2, 0.25) is 5.28 Å². The standard InChI is InChI=1S/C30H36F3N5O.C16H16ClF2N3O.C13H20FN3/c1-19(2)18-38-11-12-39-30-24(32)15-21(16-27(30)38)29-25(33)17-34-28(35-29)14-20-5-6-26(23(31)13-20)37-9-7-22(8-10-37)36(3)4;1-9(2)8-22-3-4-23-15-11(18)5-10(6-13(15)22)14-12(19)7-20-16(17)21-14;1-16(2)11-5-7-17(8-6-11)13-4-3-10(15)9-12(13)14/h5-6,13,15-17,19,22H,7-12,14,18H2,1-4H3;5-7,9H,3-4,8H2,1-2H3;3-4,9,11H,5-8,15H2,1-2H3. The summed E-state index contributed by atoms with van der Waals surface area (Å²) in [5.74, 6) is -1.42. The number of aromatic nitrogens is 4. The Labute approximate surface area is 465 Å². The van der Waals surface area contributed by atoms with Crippen LogP contribution >= 0.6 is 11.6 Å². The second kappa shape index (κ2) is 26.1. The van der Waals surface area contributed by atoms with Crippen molar-refractivity contribution in [2.24, 2.45) is 11.8 Å². The van der Waals surface area contributed by atoms with Gasteiger partial charge in [-0.2, -0.15) is 0 Å². The summed E-state index contributed by atoms with van der Waals surface area (Å²) in [6.07, 6.45) is 6.44. The predicted molar refractivity (Wildman–Crippen MR) is 303 cm³/mol. The van der Waals surface area contributed by atoms with Gasteiger partial charge in [-0.25, -0.2) is 46.3 Å². The largest absolute Gasteiger partial charge is 0.486 e. The van der Waals surface area contributed by atoms with Gasteiger partial charge in [0.1, 0.15) is 42.1 Å². The summed E-state index contributed by atoms with van der Waals surface area (Å²) in [6, 6.07) is 17.1. The van der Waals surface area contributed by atoms with Gasteiger partial charge in [-0.3, -0.25) is 0 Å². The minimum Gasteiger partial charge on any atom is -0.486 e. The van der Waals surface area contributed by atoms with Crippen molar-refractivity contribution in [1.82, 2.24) is 29.7 Å². The third kappa shape index (κ3) is 14.6. The monoisotopic (exact) mass is 1120 g/mol. The molecular weight excluding hydrogens is 1040 g/mol. The molecule has 0 amide bonds. The summed E-state index contributed by atoms with van der Waals surface area (Å²) in [4.78, 5) is 28.8. The van der Waals surface area contributed by atoms with Crippen molar-refractivity contribution in [2.75, 3.05) is 119 Å². The molecule has 0 aliphatic carbocycles. The maximum absolute atomic E-state index is 15.1. The van der Waals surface area contributed by atoms with Gasteiger partial charge in [0.25, 0.3) is 0 Å². The summed E-state index contributed by atoms with van der Waals surface area (Å²) in [5, 5.41) is -0.0881. The Bertz CT molecular complexity index is 3050. The molecule has 0 bridgehead atoms. The third-order valence-corrected chi connectivity index (χ3v) is 14.8. The highest BCUT2D eigenvalue weighted by molar-refractivity contribution is 6.28. The molecule has 20 heteroatoms. The number of piperidine rings is 2. The lowest BCUT2D eigenvalue weighted by atomic mass is 10.0. The first-order valence-corrected chi connectivity index (χ1v) is 27.4. The van der Waals surface area contributed by atoms with Crippen molar-refractivity contribution in [1.29, 1.82) is 0 Å². The Morgan fingerprint density at radius 1 is 0.557 bits per heavy atom. The molecule has 0 atom stereocenters. The highest BCUT2D eigenvalue weighted by Gasteiger charge is 2.28. The molecule has 2 fully saturated rings. The van der Waals surface area contributed by atoms with E-state index in [1.54, 1.807) is 30.3 Å². The van der Waals surface area contributed by atoms with Crippen LogP contribution in [0.4, 0.5) is 54.8 Å². The van der Waals surface area contributed by atoms with Gasteiger partial charge in [0, 0.05) is 74.6 Å². The van der Waals surface area contributed by atoms with E-state index in [4.69, 9.17) is 26.8 Å². The Balaban J connectivity index is 0.000000173. The fraction of sp³-hybridized carbons (Fsp3) is 0.458. The van der Waals surface area contributed by atoms with Crippen LogP contribution in [0.1, 0.15) is 64.8 Å². The molecule has 0 spiro atoms. The Morgan fingerprint density at radius 3 is 1.47 bits per heavy atom. The van der Waals surface area contributed by atoms with Crippen molar-refractivity contribution in [3.05, 3.63) is 125 Å². The van der Waals surface area contributed by atoms with Crippen molar-refractivity contribution < 1.29 is 35.8 Å². The maximum atomic E-state index is 15.1. The van der Waals surface area contributed by atoms with Gasteiger partial charge >= 0.3 is 0 Å². The van der Waals surface area contributed by atoms with Crippen molar-refractivity contribution in [2.45, 2.75) is 71.9 Å². The van der Waals surface area contributed by atoms with Gasteiger partial charge in [0.15, 0.2) is 34.8 Å². The van der Waals surface area contributed by atoms with Crippen LogP contribution in [0.25, 0.3) is 22.5 Å². The molecule has 4 aliphatic rings. The smallest absolute Gasteiger partial charge is 0.223 e. The second-order valence-electron chi connectivity index (χ2n) is 21.8. The summed E-state index contributed by atoms with van der Waals surface area (Å²) >= 11 is 5.73. The normalized spacial score (nSPS) is 15.8. The van der Waals surface area contributed by atoms with E-state index in [-0.39, 0.29) is 46.2 Å². The van der Waals surface area contributed by atoms with E-state index in [9.17, 15) is 17.6 Å². The number of ether oxygens (including phenoxy) is 2. The van der Waals surface area contributed by atoms with Gasteiger partial charge in [0.05, 0.1) is 48.2 Å². The first-order valence-electron chi connectivity index (χ1n) is 27.0. The minimum absolute atomic E-state index is 0.0117. The molecule has 2 N–H and O–H groups in total. The number of hydrogen-bond donors (Lipinski definition) is 1. The molecule has 0 radical (unpaired) electrons. The van der Waals surface area contributed by atoms with E-state index in [1.807, 2.05) is 11.0 Å². The molecule has 4 aromatic carbocycles.